The molecule has 5 nitrogen and oxygen atoms in total. The zero-order valence-electron chi connectivity index (χ0n) is 14.8. The number of hydrogen-bond acceptors (Lipinski definition) is 5. The van der Waals surface area contributed by atoms with Crippen LogP contribution in [0.25, 0.3) is 32.1 Å². The molecular weight excluding hydrogens is 362 g/mol. The van der Waals surface area contributed by atoms with Crippen molar-refractivity contribution in [1.29, 1.82) is 0 Å². The van der Waals surface area contributed by atoms with E-state index in [2.05, 4.69) is 4.98 Å². The van der Waals surface area contributed by atoms with Crippen LogP contribution in [0, 0.1) is 0 Å². The van der Waals surface area contributed by atoms with Crippen LogP contribution in [0.2, 0.25) is 0 Å². The van der Waals surface area contributed by atoms with Crippen LogP contribution in [0.3, 0.4) is 0 Å². The van der Waals surface area contributed by atoms with Gasteiger partial charge in [0.25, 0.3) is 5.56 Å². The van der Waals surface area contributed by atoms with Gasteiger partial charge in [0.05, 0.1) is 6.10 Å². The van der Waals surface area contributed by atoms with E-state index in [9.17, 15) is 9.59 Å². The number of pyridine rings is 1. The van der Waals surface area contributed by atoms with Crippen LogP contribution in [-0.4, -0.2) is 17.2 Å². The first kappa shape index (κ1) is 17.3. The molecule has 2 aromatic carbocycles. The van der Waals surface area contributed by atoms with E-state index in [1.54, 1.807) is 26.0 Å². The smallest absolute Gasteiger partial charge is 0.431 e. The summed E-state index contributed by atoms with van der Waals surface area (Å²) < 4.78 is 11.3. The quantitative estimate of drug-likeness (QED) is 0.386. The largest absolute Gasteiger partial charge is 0.514 e. The molecule has 0 bridgehead atoms. The molecule has 0 aliphatic rings. The maximum absolute atomic E-state index is 12.3. The second kappa shape index (κ2) is 6.89. The monoisotopic (exact) mass is 379 g/mol. The van der Waals surface area contributed by atoms with Crippen molar-refractivity contribution in [2.24, 2.45) is 0 Å². The SMILES string of the molecule is CC(C)OC(=O)Oc1ccc2[nH]c(=O)c3sccc3c2c1-c1ccccc1. The molecular formula is C21H17NO4S. The molecule has 0 aliphatic carbocycles. The molecule has 0 unspecified atom stereocenters. The van der Waals surface area contributed by atoms with Crippen LogP contribution in [0.1, 0.15) is 13.8 Å². The average Bonchev–Trinajstić information content (AvgIpc) is 3.12. The molecule has 2 heterocycles. The van der Waals surface area contributed by atoms with Crippen LogP contribution in [0.5, 0.6) is 5.75 Å². The van der Waals surface area contributed by atoms with Crippen molar-refractivity contribution in [2.75, 3.05) is 0 Å². The molecule has 6 heteroatoms. The van der Waals surface area contributed by atoms with E-state index >= 15 is 0 Å². The molecule has 0 amide bonds. The Balaban J connectivity index is 2.02. The Bertz CT molecular complexity index is 1190. The van der Waals surface area contributed by atoms with Gasteiger partial charge in [0, 0.05) is 21.9 Å². The molecule has 27 heavy (non-hydrogen) atoms. The van der Waals surface area contributed by atoms with Gasteiger partial charge < -0.3 is 14.5 Å². The van der Waals surface area contributed by atoms with Gasteiger partial charge in [-0.3, -0.25) is 4.79 Å². The van der Waals surface area contributed by atoms with Crippen molar-refractivity contribution in [3.8, 4) is 16.9 Å². The molecule has 0 saturated heterocycles. The number of ether oxygens (including phenoxy) is 2. The van der Waals surface area contributed by atoms with Crippen molar-refractivity contribution >= 4 is 38.5 Å². The number of carbonyl (C=O) groups excluding carboxylic acids is 1. The summed E-state index contributed by atoms with van der Waals surface area (Å²) in [4.78, 5) is 27.4. The van der Waals surface area contributed by atoms with Crippen molar-refractivity contribution in [2.45, 2.75) is 20.0 Å². The number of aromatic amines is 1. The first-order chi connectivity index (χ1) is 13.0. The van der Waals surface area contributed by atoms with Gasteiger partial charge in [-0.25, -0.2) is 4.79 Å². The van der Waals surface area contributed by atoms with Crippen molar-refractivity contribution in [3.63, 3.8) is 0 Å². The van der Waals surface area contributed by atoms with E-state index in [1.807, 2.05) is 41.8 Å². The van der Waals surface area contributed by atoms with Crippen molar-refractivity contribution in [3.05, 3.63) is 64.3 Å². The predicted octanol–water partition coefficient (Wildman–Crippen LogP) is 5.33. The van der Waals surface area contributed by atoms with Crippen LogP contribution in [0.15, 0.2) is 58.7 Å². The Labute approximate surface area is 159 Å². The zero-order chi connectivity index (χ0) is 19.0. The summed E-state index contributed by atoms with van der Waals surface area (Å²) in [6.07, 6.45) is -1.04. The zero-order valence-corrected chi connectivity index (χ0v) is 15.6. The van der Waals surface area contributed by atoms with Crippen LogP contribution in [0.4, 0.5) is 4.79 Å². The third kappa shape index (κ3) is 3.19. The van der Waals surface area contributed by atoms with Gasteiger partial charge in [-0.2, -0.15) is 0 Å². The minimum atomic E-state index is -0.757. The first-order valence-electron chi connectivity index (χ1n) is 8.54. The lowest BCUT2D eigenvalue weighted by Crippen LogP contribution is -2.16. The summed E-state index contributed by atoms with van der Waals surface area (Å²) in [7, 11) is 0. The van der Waals surface area contributed by atoms with Gasteiger partial charge in [-0.05, 0) is 43.0 Å². The highest BCUT2D eigenvalue weighted by atomic mass is 32.1. The lowest BCUT2D eigenvalue weighted by Gasteiger charge is -2.15. The molecule has 2 aromatic heterocycles. The summed E-state index contributed by atoms with van der Waals surface area (Å²) in [6, 6.07) is 15.0. The number of rotatable bonds is 3. The van der Waals surface area contributed by atoms with E-state index in [-0.39, 0.29) is 11.7 Å². The third-order valence-electron chi connectivity index (χ3n) is 4.14. The van der Waals surface area contributed by atoms with E-state index in [4.69, 9.17) is 9.47 Å². The number of hydrogen-bond donors (Lipinski definition) is 1. The lowest BCUT2D eigenvalue weighted by molar-refractivity contribution is 0.0731. The number of fused-ring (bicyclic) bond motifs is 3. The normalized spacial score (nSPS) is 11.2. The van der Waals surface area contributed by atoms with Gasteiger partial charge in [-0.15, -0.1) is 11.3 Å². The topological polar surface area (TPSA) is 68.4 Å². The fourth-order valence-electron chi connectivity index (χ4n) is 3.11. The number of thiophene rings is 1. The van der Waals surface area contributed by atoms with Crippen LogP contribution >= 0.6 is 11.3 Å². The van der Waals surface area contributed by atoms with E-state index in [0.29, 0.717) is 16.0 Å². The fourth-order valence-corrected chi connectivity index (χ4v) is 3.91. The number of carbonyl (C=O) groups is 1. The maximum Gasteiger partial charge on any atom is 0.514 e. The van der Waals surface area contributed by atoms with Gasteiger partial charge in [-0.1, -0.05) is 30.3 Å². The summed E-state index contributed by atoms with van der Waals surface area (Å²) in [5, 5.41) is 3.56. The van der Waals surface area contributed by atoms with E-state index < -0.39 is 6.16 Å². The van der Waals surface area contributed by atoms with Crippen molar-refractivity contribution < 1.29 is 14.3 Å². The summed E-state index contributed by atoms with van der Waals surface area (Å²) in [5.41, 5.74) is 2.19. The maximum atomic E-state index is 12.3. The molecule has 136 valence electrons. The third-order valence-corrected chi connectivity index (χ3v) is 5.06. The molecule has 1 N–H and O–H groups in total. The molecule has 0 saturated carbocycles. The molecule has 0 spiro atoms. The fraction of sp³-hybridized carbons (Fsp3) is 0.143. The highest BCUT2D eigenvalue weighted by Gasteiger charge is 2.19. The summed E-state index contributed by atoms with van der Waals surface area (Å²) >= 11 is 1.38. The van der Waals surface area contributed by atoms with Gasteiger partial charge in [0.2, 0.25) is 0 Å². The van der Waals surface area contributed by atoms with Crippen LogP contribution in [-0.2, 0) is 4.74 Å². The number of H-pyrrole nitrogens is 1. The standard InChI is InChI=1S/C21H17NO4S/c1-12(2)25-21(24)26-16-9-8-15-18(17(16)13-6-4-3-5-7-13)14-10-11-27-19(14)20(23)22-15/h3-12H,1-2H3,(H,22,23). The van der Waals surface area contributed by atoms with Gasteiger partial charge in [0.15, 0.2) is 0 Å². The van der Waals surface area contributed by atoms with Gasteiger partial charge >= 0.3 is 6.16 Å². The molecule has 4 aromatic rings. The van der Waals surface area contributed by atoms with E-state index in [0.717, 1.165) is 21.9 Å². The molecule has 4 rings (SSSR count). The van der Waals surface area contributed by atoms with Gasteiger partial charge in [0.1, 0.15) is 10.4 Å². The Morgan fingerprint density at radius 1 is 1.07 bits per heavy atom. The highest BCUT2D eigenvalue weighted by Crippen LogP contribution is 2.40. The summed E-state index contributed by atoms with van der Waals surface area (Å²) in [5.74, 6) is 0.388. The Kier molecular flexibility index (Phi) is 4.41. The number of nitrogens with one attached hydrogen (secondary N) is 1. The number of aromatic nitrogens is 1. The van der Waals surface area contributed by atoms with Crippen molar-refractivity contribution in [1.82, 2.24) is 4.98 Å². The second-order valence-corrected chi connectivity index (χ2v) is 7.28. The summed E-state index contributed by atoms with van der Waals surface area (Å²) in [6.45, 7) is 3.53. The minimum Gasteiger partial charge on any atom is -0.431 e. The minimum absolute atomic E-state index is 0.126. The Morgan fingerprint density at radius 2 is 1.85 bits per heavy atom. The molecule has 0 radical (unpaired) electrons. The Morgan fingerprint density at radius 3 is 2.59 bits per heavy atom. The lowest BCUT2D eigenvalue weighted by atomic mass is 9.97. The second-order valence-electron chi connectivity index (χ2n) is 6.36. The highest BCUT2D eigenvalue weighted by molar-refractivity contribution is 7.17. The predicted molar refractivity (Wildman–Crippen MR) is 108 cm³/mol. The molecule has 0 aliphatic heterocycles. The molecule has 0 atom stereocenters. The van der Waals surface area contributed by atoms with Crippen LogP contribution < -0.4 is 10.3 Å². The molecule has 0 fully saturated rings. The average molecular weight is 379 g/mol. The first-order valence-corrected chi connectivity index (χ1v) is 9.42. The van der Waals surface area contributed by atoms with E-state index in [1.165, 1.54) is 11.3 Å². The number of benzene rings is 2. The Hall–Kier alpha value is -3.12.